The molecule has 0 N–H and O–H groups in total. The van der Waals surface area contributed by atoms with Crippen LogP contribution in [0.25, 0.3) is 0 Å². The molecule has 0 atom stereocenters. The second-order valence-corrected chi connectivity index (χ2v) is 4.20. The molecule has 7 heteroatoms. The lowest BCUT2D eigenvalue weighted by Gasteiger charge is -2.07. The zero-order chi connectivity index (χ0) is 15.4. The van der Waals surface area contributed by atoms with Gasteiger partial charge in [-0.25, -0.2) is 4.79 Å². The fraction of sp³-hybridized carbons (Fsp3) is 0.214. The van der Waals surface area contributed by atoms with Gasteiger partial charge < -0.3 is 13.9 Å². The maximum atomic E-state index is 11.2. The number of ether oxygens (including phenoxy) is 2. The molecule has 0 bridgehead atoms. The predicted molar refractivity (Wildman–Crippen MR) is 72.2 cm³/mol. The molecule has 0 saturated carbocycles. The molecule has 110 valence electrons. The molecule has 0 aliphatic carbocycles. The number of rotatable bonds is 5. The fourth-order valence-electron chi connectivity index (χ4n) is 1.77. The highest BCUT2D eigenvalue weighted by Gasteiger charge is 2.15. The Bertz CT molecular complexity index is 676. The smallest absolute Gasteiger partial charge is 0.373 e. The molecule has 0 spiro atoms. The van der Waals surface area contributed by atoms with Crippen LogP contribution in [0.15, 0.2) is 34.7 Å². The minimum absolute atomic E-state index is 0.0119. The Hall–Kier alpha value is -2.83. The normalized spacial score (nSPS) is 10.2. The molecule has 1 aromatic heterocycles. The summed E-state index contributed by atoms with van der Waals surface area (Å²) in [5.74, 6) is 0.307. The van der Waals surface area contributed by atoms with Gasteiger partial charge in [-0.2, -0.15) is 0 Å². The third kappa shape index (κ3) is 3.19. The van der Waals surface area contributed by atoms with Crippen molar-refractivity contribution >= 4 is 11.7 Å². The van der Waals surface area contributed by atoms with Gasteiger partial charge in [0.25, 0.3) is 5.69 Å². The van der Waals surface area contributed by atoms with E-state index in [1.54, 1.807) is 25.1 Å². The van der Waals surface area contributed by atoms with E-state index in [1.165, 1.54) is 19.2 Å². The van der Waals surface area contributed by atoms with Gasteiger partial charge in [-0.15, -0.1) is 0 Å². The molecule has 0 amide bonds. The molecule has 0 fully saturated rings. The Morgan fingerprint density at radius 3 is 2.76 bits per heavy atom. The van der Waals surface area contributed by atoms with Gasteiger partial charge in [0, 0.05) is 6.07 Å². The van der Waals surface area contributed by atoms with Crippen LogP contribution in [-0.2, 0) is 11.3 Å². The Labute approximate surface area is 120 Å². The second kappa shape index (κ2) is 6.08. The largest absolute Gasteiger partial charge is 0.485 e. The highest BCUT2D eigenvalue weighted by molar-refractivity contribution is 5.86. The molecule has 1 heterocycles. The predicted octanol–water partition coefficient (Wildman–Crippen LogP) is 2.86. The number of carbonyl (C=O) groups excluding carboxylic acids is 1. The van der Waals surface area contributed by atoms with Crippen molar-refractivity contribution in [3.63, 3.8) is 0 Å². The summed E-state index contributed by atoms with van der Waals surface area (Å²) in [7, 11) is 1.26. The average Bonchev–Trinajstić information content (AvgIpc) is 2.94. The molecule has 0 aliphatic heterocycles. The topological polar surface area (TPSA) is 91.8 Å². The molecular formula is C14H13NO6. The van der Waals surface area contributed by atoms with Crippen LogP contribution in [0.5, 0.6) is 5.75 Å². The summed E-state index contributed by atoms with van der Waals surface area (Å²) >= 11 is 0. The second-order valence-electron chi connectivity index (χ2n) is 4.20. The van der Waals surface area contributed by atoms with E-state index < -0.39 is 10.9 Å². The molecule has 0 radical (unpaired) electrons. The van der Waals surface area contributed by atoms with Crippen molar-refractivity contribution < 1.29 is 23.6 Å². The lowest BCUT2D eigenvalue weighted by molar-refractivity contribution is -0.385. The van der Waals surface area contributed by atoms with Crippen molar-refractivity contribution in [2.45, 2.75) is 13.5 Å². The number of methoxy groups -OCH3 is 1. The highest BCUT2D eigenvalue weighted by Crippen LogP contribution is 2.27. The molecule has 21 heavy (non-hydrogen) atoms. The first-order valence-electron chi connectivity index (χ1n) is 6.06. The van der Waals surface area contributed by atoms with Crippen molar-refractivity contribution in [3.05, 3.63) is 57.5 Å². The number of furan rings is 1. The first-order chi connectivity index (χ1) is 10.0. The molecule has 0 saturated heterocycles. The van der Waals surface area contributed by atoms with E-state index in [0.29, 0.717) is 17.1 Å². The van der Waals surface area contributed by atoms with Crippen LogP contribution in [0.4, 0.5) is 5.69 Å². The molecular weight excluding hydrogens is 278 g/mol. The van der Waals surface area contributed by atoms with Crippen LogP contribution in [0.2, 0.25) is 0 Å². The quantitative estimate of drug-likeness (QED) is 0.478. The number of benzene rings is 1. The number of nitrogens with zero attached hydrogens (tertiary/aromatic N) is 1. The number of carbonyl (C=O) groups is 1. The molecule has 0 unspecified atom stereocenters. The van der Waals surface area contributed by atoms with Crippen molar-refractivity contribution in [2.24, 2.45) is 0 Å². The zero-order valence-electron chi connectivity index (χ0n) is 11.5. The van der Waals surface area contributed by atoms with Crippen LogP contribution in [0.3, 0.4) is 0 Å². The van der Waals surface area contributed by atoms with E-state index in [2.05, 4.69) is 4.74 Å². The fourth-order valence-corrected chi connectivity index (χ4v) is 1.77. The van der Waals surface area contributed by atoms with Crippen molar-refractivity contribution in [2.75, 3.05) is 7.11 Å². The van der Waals surface area contributed by atoms with Gasteiger partial charge in [0.1, 0.15) is 18.1 Å². The SMILES string of the molecule is COC(=O)c1ccc(COc2cccc([N+](=O)[O-])c2C)o1. The average molecular weight is 291 g/mol. The first-order valence-corrected chi connectivity index (χ1v) is 6.06. The van der Waals surface area contributed by atoms with Gasteiger partial charge in [-0.05, 0) is 25.1 Å². The minimum atomic E-state index is -0.576. The monoisotopic (exact) mass is 291 g/mol. The standard InChI is InChI=1S/C14H13NO6/c1-9-11(15(17)18)4-3-5-12(9)20-8-10-6-7-13(21-10)14(16)19-2/h3-7H,8H2,1-2H3. The van der Waals surface area contributed by atoms with E-state index >= 15 is 0 Å². The third-order valence-electron chi connectivity index (χ3n) is 2.87. The van der Waals surface area contributed by atoms with E-state index in [0.717, 1.165) is 0 Å². The number of hydrogen-bond acceptors (Lipinski definition) is 6. The number of hydrogen-bond donors (Lipinski definition) is 0. The summed E-state index contributed by atoms with van der Waals surface area (Å²) in [5.41, 5.74) is 0.421. The Kier molecular flexibility index (Phi) is 4.22. The number of nitro groups is 1. The van der Waals surface area contributed by atoms with E-state index in [1.807, 2.05) is 0 Å². The van der Waals surface area contributed by atoms with E-state index in [4.69, 9.17) is 9.15 Å². The maximum absolute atomic E-state index is 11.2. The van der Waals surface area contributed by atoms with Crippen LogP contribution in [-0.4, -0.2) is 18.0 Å². The van der Waals surface area contributed by atoms with Gasteiger partial charge in [0.15, 0.2) is 0 Å². The van der Waals surface area contributed by atoms with Crippen molar-refractivity contribution in [1.29, 1.82) is 0 Å². The van der Waals surface area contributed by atoms with Crippen LogP contribution >= 0.6 is 0 Å². The van der Waals surface area contributed by atoms with Crippen LogP contribution < -0.4 is 4.74 Å². The highest BCUT2D eigenvalue weighted by atomic mass is 16.6. The summed E-state index contributed by atoms with van der Waals surface area (Å²) in [6.45, 7) is 1.66. The summed E-state index contributed by atoms with van der Waals surface area (Å²) in [5, 5.41) is 10.8. The maximum Gasteiger partial charge on any atom is 0.373 e. The van der Waals surface area contributed by atoms with Crippen molar-refractivity contribution in [1.82, 2.24) is 0 Å². The third-order valence-corrected chi connectivity index (χ3v) is 2.87. The minimum Gasteiger partial charge on any atom is -0.485 e. The van der Waals surface area contributed by atoms with Crippen LogP contribution in [0.1, 0.15) is 21.9 Å². The summed E-state index contributed by atoms with van der Waals surface area (Å²) in [4.78, 5) is 21.6. The Morgan fingerprint density at radius 1 is 1.33 bits per heavy atom. The Balaban J connectivity index is 2.10. The molecule has 1 aromatic carbocycles. The number of esters is 1. The summed E-state index contributed by atoms with van der Waals surface area (Å²) in [6, 6.07) is 7.64. The first kappa shape index (κ1) is 14.6. The van der Waals surface area contributed by atoms with E-state index in [9.17, 15) is 14.9 Å². The van der Waals surface area contributed by atoms with Crippen LogP contribution in [0, 0.1) is 17.0 Å². The molecule has 7 nitrogen and oxygen atoms in total. The van der Waals surface area contributed by atoms with Gasteiger partial charge in [-0.3, -0.25) is 10.1 Å². The zero-order valence-corrected chi connectivity index (χ0v) is 11.5. The van der Waals surface area contributed by atoms with Crippen molar-refractivity contribution in [3.8, 4) is 5.75 Å². The molecule has 0 aliphatic rings. The van der Waals surface area contributed by atoms with Gasteiger partial charge in [0.05, 0.1) is 17.6 Å². The number of nitro benzene ring substituents is 1. The van der Waals surface area contributed by atoms with E-state index in [-0.39, 0.29) is 18.1 Å². The van der Waals surface area contributed by atoms with Gasteiger partial charge in [0.2, 0.25) is 5.76 Å². The van der Waals surface area contributed by atoms with Gasteiger partial charge in [-0.1, -0.05) is 6.07 Å². The molecule has 2 aromatic rings. The summed E-state index contributed by atoms with van der Waals surface area (Å²) in [6.07, 6.45) is 0. The summed E-state index contributed by atoms with van der Waals surface area (Å²) < 4.78 is 15.3. The molecule has 2 rings (SSSR count). The lowest BCUT2D eigenvalue weighted by atomic mass is 10.2. The van der Waals surface area contributed by atoms with Gasteiger partial charge >= 0.3 is 5.97 Å². The lowest BCUT2D eigenvalue weighted by Crippen LogP contribution is -2.00. The Morgan fingerprint density at radius 2 is 2.10 bits per heavy atom.